The molecule has 0 aromatic heterocycles. The van der Waals surface area contributed by atoms with E-state index in [2.05, 4.69) is 10.6 Å². The molecule has 1 aromatic rings. The van der Waals surface area contributed by atoms with Crippen molar-refractivity contribution in [3.63, 3.8) is 0 Å². The molecule has 0 spiro atoms. The van der Waals surface area contributed by atoms with E-state index in [9.17, 15) is 9.18 Å². The van der Waals surface area contributed by atoms with Crippen molar-refractivity contribution in [2.45, 2.75) is 38.2 Å². The zero-order valence-electron chi connectivity index (χ0n) is 11.9. The van der Waals surface area contributed by atoms with Crippen molar-refractivity contribution in [1.29, 1.82) is 0 Å². The maximum absolute atomic E-state index is 13.9. The van der Waals surface area contributed by atoms with Crippen LogP contribution in [0, 0.1) is 5.82 Å². The van der Waals surface area contributed by atoms with Crippen molar-refractivity contribution < 1.29 is 19.0 Å². The van der Waals surface area contributed by atoms with Crippen molar-refractivity contribution in [2.75, 3.05) is 18.5 Å². The number of aliphatic hydroxyl groups excluding tert-OH is 1. The lowest BCUT2D eigenvalue weighted by Gasteiger charge is -2.14. The molecule has 0 radical (unpaired) electrons. The molecule has 21 heavy (non-hydrogen) atoms. The number of carbonyl (C=O) groups excluding carboxylic acids is 1. The summed E-state index contributed by atoms with van der Waals surface area (Å²) in [6.45, 7) is 0.385. The van der Waals surface area contributed by atoms with Crippen LogP contribution in [-0.4, -0.2) is 30.4 Å². The van der Waals surface area contributed by atoms with Crippen molar-refractivity contribution in [2.24, 2.45) is 0 Å². The fourth-order valence-corrected chi connectivity index (χ4v) is 2.32. The fraction of sp³-hybridized carbons (Fsp3) is 0.533. The lowest BCUT2D eigenvalue weighted by Crippen LogP contribution is -2.29. The molecule has 3 N–H and O–H groups in total. The highest BCUT2D eigenvalue weighted by Gasteiger charge is 2.18. The Morgan fingerprint density at radius 2 is 2.14 bits per heavy atom. The Hall–Kier alpha value is -1.82. The smallest absolute Gasteiger partial charge is 0.319 e. The van der Waals surface area contributed by atoms with Crippen molar-refractivity contribution in [1.82, 2.24) is 5.32 Å². The zero-order valence-corrected chi connectivity index (χ0v) is 11.9. The maximum Gasteiger partial charge on any atom is 0.319 e. The van der Waals surface area contributed by atoms with Crippen LogP contribution < -0.4 is 15.4 Å². The molecule has 5 nitrogen and oxygen atoms in total. The summed E-state index contributed by atoms with van der Waals surface area (Å²) in [7, 11) is 0. The van der Waals surface area contributed by atoms with E-state index in [-0.39, 0.29) is 18.5 Å². The molecule has 0 bridgehead atoms. The Balaban J connectivity index is 1.87. The van der Waals surface area contributed by atoms with Crippen LogP contribution in [0.25, 0.3) is 0 Å². The van der Waals surface area contributed by atoms with Crippen LogP contribution in [0.2, 0.25) is 0 Å². The molecule has 116 valence electrons. The zero-order chi connectivity index (χ0) is 15.1. The first kappa shape index (κ1) is 15.6. The average molecular weight is 296 g/mol. The maximum atomic E-state index is 13.9. The highest BCUT2D eigenvalue weighted by atomic mass is 19.1. The first-order chi connectivity index (χ1) is 10.2. The van der Waals surface area contributed by atoms with Crippen molar-refractivity contribution >= 4 is 11.7 Å². The van der Waals surface area contributed by atoms with Crippen LogP contribution in [-0.2, 0) is 0 Å². The summed E-state index contributed by atoms with van der Waals surface area (Å²) >= 11 is 0. The molecule has 1 fully saturated rings. The summed E-state index contributed by atoms with van der Waals surface area (Å²) in [4.78, 5) is 11.5. The first-order valence-electron chi connectivity index (χ1n) is 7.31. The molecule has 2 amide bonds. The summed E-state index contributed by atoms with van der Waals surface area (Å²) < 4.78 is 19.5. The minimum absolute atomic E-state index is 0.0160. The quantitative estimate of drug-likeness (QED) is 0.707. The standard InChI is InChI=1S/C15H21FN2O3/c16-13-10-11(18-15(20)17-8-3-9-19)6-7-14(13)21-12-4-1-2-5-12/h6-7,10,12,19H,1-5,8-9H2,(H2,17,18,20). The molecule has 1 aromatic carbocycles. The van der Waals surface area contributed by atoms with E-state index in [1.165, 1.54) is 12.1 Å². The average Bonchev–Trinajstić information content (AvgIpc) is 2.95. The number of urea groups is 1. The minimum Gasteiger partial charge on any atom is -0.487 e. The van der Waals surface area contributed by atoms with Crippen LogP contribution >= 0.6 is 0 Å². The second-order valence-corrected chi connectivity index (χ2v) is 5.13. The van der Waals surface area contributed by atoms with Crippen LogP contribution in [0.5, 0.6) is 5.75 Å². The molecule has 1 aliphatic rings. The number of halogens is 1. The predicted octanol–water partition coefficient (Wildman–Crippen LogP) is 2.65. The second kappa shape index (κ2) is 7.83. The molecular formula is C15H21FN2O3. The van der Waals surface area contributed by atoms with E-state index in [1.807, 2.05) is 0 Å². The number of anilines is 1. The Kier molecular flexibility index (Phi) is 5.80. The van der Waals surface area contributed by atoms with Gasteiger partial charge in [-0.2, -0.15) is 0 Å². The summed E-state index contributed by atoms with van der Waals surface area (Å²) in [5.74, 6) is -0.247. The summed E-state index contributed by atoms with van der Waals surface area (Å²) in [6, 6.07) is 3.97. The molecule has 1 saturated carbocycles. The van der Waals surface area contributed by atoms with Gasteiger partial charge in [0.1, 0.15) is 0 Å². The van der Waals surface area contributed by atoms with E-state index in [4.69, 9.17) is 9.84 Å². The number of rotatable bonds is 6. The molecule has 0 saturated heterocycles. The number of ether oxygens (including phenoxy) is 1. The van der Waals surface area contributed by atoms with E-state index in [1.54, 1.807) is 6.07 Å². The van der Waals surface area contributed by atoms with Crippen molar-refractivity contribution in [3.8, 4) is 5.75 Å². The molecule has 0 unspecified atom stereocenters. The van der Waals surface area contributed by atoms with E-state index < -0.39 is 11.8 Å². The molecular weight excluding hydrogens is 275 g/mol. The molecule has 2 rings (SSSR count). The number of amides is 2. The number of hydrogen-bond acceptors (Lipinski definition) is 3. The third-order valence-corrected chi connectivity index (χ3v) is 3.41. The first-order valence-corrected chi connectivity index (χ1v) is 7.31. The van der Waals surface area contributed by atoms with Crippen LogP contribution in [0.1, 0.15) is 32.1 Å². The predicted molar refractivity (Wildman–Crippen MR) is 78.0 cm³/mol. The second-order valence-electron chi connectivity index (χ2n) is 5.13. The van der Waals surface area contributed by atoms with E-state index >= 15 is 0 Å². The summed E-state index contributed by atoms with van der Waals surface area (Å²) in [6.07, 6.45) is 4.76. The topological polar surface area (TPSA) is 70.6 Å². The molecule has 0 aliphatic heterocycles. The summed E-state index contributed by atoms with van der Waals surface area (Å²) in [5, 5.41) is 13.7. The summed E-state index contributed by atoms with van der Waals surface area (Å²) in [5.41, 5.74) is 0.368. The normalized spacial score (nSPS) is 15.0. The Morgan fingerprint density at radius 3 is 2.81 bits per heavy atom. The number of aliphatic hydroxyl groups is 1. The van der Waals surface area contributed by atoms with Gasteiger partial charge in [-0.15, -0.1) is 0 Å². The lowest BCUT2D eigenvalue weighted by molar-refractivity contribution is 0.201. The Bertz CT molecular complexity index is 476. The lowest BCUT2D eigenvalue weighted by atomic mass is 10.2. The highest BCUT2D eigenvalue weighted by Crippen LogP contribution is 2.27. The van der Waals surface area contributed by atoms with Crippen molar-refractivity contribution in [3.05, 3.63) is 24.0 Å². The SMILES string of the molecule is O=C(NCCCO)Nc1ccc(OC2CCCC2)c(F)c1. The van der Waals surface area contributed by atoms with Gasteiger partial charge in [0.2, 0.25) is 0 Å². The number of hydrogen-bond donors (Lipinski definition) is 3. The van der Waals surface area contributed by atoms with Gasteiger partial charge in [-0.25, -0.2) is 9.18 Å². The van der Waals surface area contributed by atoms with Gasteiger partial charge < -0.3 is 20.5 Å². The van der Waals surface area contributed by atoms with Gasteiger partial charge in [0, 0.05) is 24.9 Å². The molecule has 0 heterocycles. The van der Waals surface area contributed by atoms with Gasteiger partial charge in [0.25, 0.3) is 0 Å². The molecule has 6 heteroatoms. The van der Waals surface area contributed by atoms with Gasteiger partial charge in [-0.05, 0) is 44.2 Å². The monoisotopic (exact) mass is 296 g/mol. The van der Waals surface area contributed by atoms with Gasteiger partial charge in [-0.3, -0.25) is 0 Å². The fourth-order valence-electron chi connectivity index (χ4n) is 2.32. The van der Waals surface area contributed by atoms with E-state index in [0.717, 1.165) is 25.7 Å². The van der Waals surface area contributed by atoms with Crippen LogP contribution in [0.15, 0.2) is 18.2 Å². The van der Waals surface area contributed by atoms with Gasteiger partial charge in [-0.1, -0.05) is 0 Å². The Labute approximate surface area is 123 Å². The van der Waals surface area contributed by atoms with Gasteiger partial charge in [0.05, 0.1) is 6.10 Å². The number of carbonyl (C=O) groups is 1. The third-order valence-electron chi connectivity index (χ3n) is 3.41. The Morgan fingerprint density at radius 1 is 1.38 bits per heavy atom. The van der Waals surface area contributed by atoms with Gasteiger partial charge >= 0.3 is 6.03 Å². The molecule has 1 aliphatic carbocycles. The third kappa shape index (κ3) is 4.90. The largest absolute Gasteiger partial charge is 0.487 e. The van der Waals surface area contributed by atoms with E-state index in [0.29, 0.717) is 18.7 Å². The van der Waals surface area contributed by atoms with Crippen LogP contribution in [0.4, 0.5) is 14.9 Å². The van der Waals surface area contributed by atoms with Gasteiger partial charge in [0.15, 0.2) is 11.6 Å². The van der Waals surface area contributed by atoms with Crippen LogP contribution in [0.3, 0.4) is 0 Å². The molecule has 0 atom stereocenters. The minimum atomic E-state index is -0.477. The number of benzene rings is 1. The number of nitrogens with one attached hydrogen (secondary N) is 2. The highest BCUT2D eigenvalue weighted by molar-refractivity contribution is 5.89.